The van der Waals surface area contributed by atoms with Gasteiger partial charge in [0.05, 0.1) is 0 Å². The fourth-order valence-electron chi connectivity index (χ4n) is 3.00. The van der Waals surface area contributed by atoms with Crippen molar-refractivity contribution in [2.75, 3.05) is 13.1 Å². The second-order valence-electron chi connectivity index (χ2n) is 6.64. The van der Waals surface area contributed by atoms with Gasteiger partial charge in [0.15, 0.2) is 0 Å². The molecular formula is C18H37N. The van der Waals surface area contributed by atoms with E-state index in [9.17, 15) is 0 Å². The van der Waals surface area contributed by atoms with Gasteiger partial charge in [-0.15, -0.1) is 0 Å². The van der Waals surface area contributed by atoms with Gasteiger partial charge in [-0.25, -0.2) is 0 Å². The molecule has 1 fully saturated rings. The van der Waals surface area contributed by atoms with Crippen molar-refractivity contribution in [3.8, 4) is 0 Å². The molecular weight excluding hydrogens is 230 g/mol. The van der Waals surface area contributed by atoms with E-state index in [4.69, 9.17) is 0 Å². The first-order valence-corrected chi connectivity index (χ1v) is 9.07. The Balaban J connectivity index is 2.00. The summed E-state index contributed by atoms with van der Waals surface area (Å²) in [6.45, 7) is 7.08. The van der Waals surface area contributed by atoms with Crippen LogP contribution in [0.1, 0.15) is 90.9 Å². The van der Waals surface area contributed by atoms with Gasteiger partial charge in [-0.05, 0) is 44.2 Å². The zero-order valence-corrected chi connectivity index (χ0v) is 13.6. The van der Waals surface area contributed by atoms with Gasteiger partial charge in [-0.3, -0.25) is 0 Å². The highest BCUT2D eigenvalue weighted by atomic mass is 14.8. The molecule has 0 spiro atoms. The number of unbranched alkanes of at least 4 members (excludes halogenated alkanes) is 5. The zero-order valence-electron chi connectivity index (χ0n) is 13.6. The van der Waals surface area contributed by atoms with Gasteiger partial charge in [0.2, 0.25) is 0 Å². The molecule has 0 aromatic carbocycles. The van der Waals surface area contributed by atoms with E-state index >= 15 is 0 Å². The first-order valence-electron chi connectivity index (χ1n) is 9.07. The van der Waals surface area contributed by atoms with Gasteiger partial charge in [-0.2, -0.15) is 0 Å². The van der Waals surface area contributed by atoms with E-state index in [2.05, 4.69) is 19.2 Å². The van der Waals surface area contributed by atoms with E-state index in [1.54, 1.807) is 0 Å². The fourth-order valence-corrected chi connectivity index (χ4v) is 3.00. The van der Waals surface area contributed by atoms with Crippen LogP contribution in [0.15, 0.2) is 0 Å². The average Bonchev–Trinajstić information content (AvgIpc) is 3.22. The van der Waals surface area contributed by atoms with Crippen molar-refractivity contribution in [2.45, 2.75) is 90.9 Å². The van der Waals surface area contributed by atoms with Crippen molar-refractivity contribution < 1.29 is 0 Å². The van der Waals surface area contributed by atoms with E-state index in [1.807, 2.05) is 0 Å². The van der Waals surface area contributed by atoms with Crippen LogP contribution in [-0.2, 0) is 0 Å². The molecule has 1 unspecified atom stereocenters. The molecule has 0 saturated heterocycles. The number of nitrogens with one attached hydrogen (secondary N) is 1. The summed E-state index contributed by atoms with van der Waals surface area (Å²) in [6.07, 6.45) is 17.3. The van der Waals surface area contributed by atoms with Crippen LogP contribution in [0.4, 0.5) is 0 Å². The molecule has 1 saturated carbocycles. The molecule has 1 aliphatic carbocycles. The summed E-state index contributed by atoms with van der Waals surface area (Å²) in [4.78, 5) is 0. The quantitative estimate of drug-likeness (QED) is 0.407. The van der Waals surface area contributed by atoms with Crippen LogP contribution in [-0.4, -0.2) is 13.1 Å². The Kier molecular flexibility index (Phi) is 10.5. The Morgan fingerprint density at radius 1 is 0.842 bits per heavy atom. The molecule has 0 heterocycles. The monoisotopic (exact) mass is 267 g/mol. The van der Waals surface area contributed by atoms with Crippen LogP contribution in [0, 0.1) is 11.8 Å². The van der Waals surface area contributed by atoms with Crippen LogP contribution in [0.3, 0.4) is 0 Å². The third kappa shape index (κ3) is 10.4. The summed E-state index contributed by atoms with van der Waals surface area (Å²) in [5, 5.41) is 3.65. The van der Waals surface area contributed by atoms with Gasteiger partial charge in [-0.1, -0.05) is 71.6 Å². The Labute approximate surface area is 121 Å². The standard InChI is InChI=1S/C18H37N/c1-3-5-7-8-10-17(16-18-11-12-18)13-15-19-14-9-6-4-2/h17-19H,3-16H2,1-2H3. The summed E-state index contributed by atoms with van der Waals surface area (Å²) in [5.74, 6) is 2.12. The smallest absolute Gasteiger partial charge is 0.00463 e. The molecule has 0 aromatic heterocycles. The summed E-state index contributed by atoms with van der Waals surface area (Å²) < 4.78 is 0. The SMILES string of the molecule is CCCCCCC(CCNCCCCC)CC1CC1. The van der Waals surface area contributed by atoms with Gasteiger partial charge < -0.3 is 5.32 Å². The lowest BCUT2D eigenvalue weighted by atomic mass is 9.92. The summed E-state index contributed by atoms with van der Waals surface area (Å²) in [6, 6.07) is 0. The number of rotatable bonds is 14. The maximum atomic E-state index is 3.65. The van der Waals surface area contributed by atoms with E-state index in [-0.39, 0.29) is 0 Å². The van der Waals surface area contributed by atoms with Crippen molar-refractivity contribution in [1.29, 1.82) is 0 Å². The van der Waals surface area contributed by atoms with Crippen molar-refractivity contribution in [3.63, 3.8) is 0 Å². The van der Waals surface area contributed by atoms with Crippen molar-refractivity contribution in [1.82, 2.24) is 5.32 Å². The van der Waals surface area contributed by atoms with Crippen LogP contribution in [0.5, 0.6) is 0 Å². The molecule has 0 aliphatic heterocycles. The topological polar surface area (TPSA) is 12.0 Å². The molecule has 0 bridgehead atoms. The minimum absolute atomic E-state index is 1.02. The van der Waals surface area contributed by atoms with Crippen molar-refractivity contribution in [2.24, 2.45) is 11.8 Å². The van der Waals surface area contributed by atoms with E-state index < -0.39 is 0 Å². The maximum absolute atomic E-state index is 3.65. The predicted octanol–water partition coefficient (Wildman–Crippen LogP) is 5.54. The van der Waals surface area contributed by atoms with Gasteiger partial charge >= 0.3 is 0 Å². The predicted molar refractivity (Wildman–Crippen MR) is 86.6 cm³/mol. The number of hydrogen-bond donors (Lipinski definition) is 1. The van der Waals surface area contributed by atoms with Gasteiger partial charge in [0.25, 0.3) is 0 Å². The summed E-state index contributed by atoms with van der Waals surface area (Å²) >= 11 is 0. The summed E-state index contributed by atoms with van der Waals surface area (Å²) in [7, 11) is 0. The van der Waals surface area contributed by atoms with Crippen LogP contribution in [0.25, 0.3) is 0 Å². The molecule has 1 N–H and O–H groups in total. The molecule has 1 aliphatic rings. The third-order valence-corrected chi connectivity index (χ3v) is 4.52. The number of hydrogen-bond acceptors (Lipinski definition) is 1. The highest BCUT2D eigenvalue weighted by Gasteiger charge is 2.24. The lowest BCUT2D eigenvalue weighted by Gasteiger charge is -2.17. The third-order valence-electron chi connectivity index (χ3n) is 4.52. The second kappa shape index (κ2) is 11.8. The van der Waals surface area contributed by atoms with E-state index in [0.717, 1.165) is 11.8 Å². The van der Waals surface area contributed by atoms with E-state index in [0.29, 0.717) is 0 Å². The molecule has 0 amide bonds. The maximum Gasteiger partial charge on any atom is -0.00463 e. The Morgan fingerprint density at radius 2 is 1.58 bits per heavy atom. The molecule has 1 atom stereocenters. The molecule has 0 aromatic rings. The average molecular weight is 268 g/mol. The minimum Gasteiger partial charge on any atom is -0.317 e. The van der Waals surface area contributed by atoms with E-state index in [1.165, 1.54) is 90.1 Å². The van der Waals surface area contributed by atoms with Crippen molar-refractivity contribution >= 4 is 0 Å². The lowest BCUT2D eigenvalue weighted by molar-refractivity contribution is 0.372. The van der Waals surface area contributed by atoms with Crippen LogP contribution in [0.2, 0.25) is 0 Å². The Bertz CT molecular complexity index is 186. The van der Waals surface area contributed by atoms with Crippen LogP contribution < -0.4 is 5.32 Å². The first kappa shape index (κ1) is 17.0. The minimum atomic E-state index is 1.02. The molecule has 114 valence electrons. The normalized spacial score (nSPS) is 16.7. The molecule has 19 heavy (non-hydrogen) atoms. The van der Waals surface area contributed by atoms with Gasteiger partial charge in [0.1, 0.15) is 0 Å². The molecule has 1 rings (SSSR count). The zero-order chi connectivity index (χ0) is 13.8. The van der Waals surface area contributed by atoms with Gasteiger partial charge in [0, 0.05) is 0 Å². The highest BCUT2D eigenvalue weighted by molar-refractivity contribution is 4.77. The largest absolute Gasteiger partial charge is 0.317 e. The Hall–Kier alpha value is -0.0400. The second-order valence-corrected chi connectivity index (χ2v) is 6.64. The summed E-state index contributed by atoms with van der Waals surface area (Å²) in [5.41, 5.74) is 0. The molecule has 1 nitrogen and oxygen atoms in total. The lowest BCUT2D eigenvalue weighted by Crippen LogP contribution is -2.19. The fraction of sp³-hybridized carbons (Fsp3) is 1.00. The highest BCUT2D eigenvalue weighted by Crippen LogP contribution is 2.37. The van der Waals surface area contributed by atoms with Crippen LogP contribution >= 0.6 is 0 Å². The Morgan fingerprint density at radius 3 is 2.26 bits per heavy atom. The first-order chi connectivity index (χ1) is 9.36. The molecule has 0 radical (unpaired) electrons. The molecule has 1 heteroatoms. The van der Waals surface area contributed by atoms with Crippen molar-refractivity contribution in [3.05, 3.63) is 0 Å².